The molecule has 2 amide bonds. The van der Waals surface area contributed by atoms with E-state index >= 15 is 0 Å². The van der Waals surface area contributed by atoms with Gasteiger partial charge < -0.3 is 15.4 Å². The highest BCUT2D eigenvalue weighted by Gasteiger charge is 2.35. The number of nitro benzene ring substituents is 1. The summed E-state index contributed by atoms with van der Waals surface area (Å²) in [6.07, 6.45) is 1.71. The fraction of sp³-hybridized carbons (Fsp3) is 0.107. The number of hydrogen-bond donors (Lipinski definition) is 2. The number of carbonyl (C=O) groups is 2. The van der Waals surface area contributed by atoms with Gasteiger partial charge in [-0.1, -0.05) is 60.7 Å². The maximum atomic E-state index is 13.4. The zero-order valence-electron chi connectivity index (χ0n) is 20.3. The van der Waals surface area contributed by atoms with Crippen molar-refractivity contribution in [1.29, 1.82) is 0 Å². The summed E-state index contributed by atoms with van der Waals surface area (Å²) in [7, 11) is 0. The molecule has 0 unspecified atom stereocenters. The Morgan fingerprint density at radius 3 is 2.47 bits per heavy atom. The van der Waals surface area contributed by atoms with Crippen molar-refractivity contribution in [2.75, 3.05) is 0 Å². The summed E-state index contributed by atoms with van der Waals surface area (Å²) < 4.78 is 7.22. The van der Waals surface area contributed by atoms with Gasteiger partial charge >= 0.3 is 12.0 Å². The maximum Gasteiger partial charge on any atom is 0.338 e. The van der Waals surface area contributed by atoms with Crippen molar-refractivity contribution in [3.8, 4) is 16.9 Å². The van der Waals surface area contributed by atoms with Gasteiger partial charge in [0.15, 0.2) is 0 Å². The van der Waals surface area contributed by atoms with Gasteiger partial charge in [-0.2, -0.15) is 5.10 Å². The van der Waals surface area contributed by atoms with Crippen LogP contribution in [0.4, 0.5) is 10.5 Å². The van der Waals surface area contributed by atoms with Gasteiger partial charge in [-0.05, 0) is 24.6 Å². The summed E-state index contributed by atoms with van der Waals surface area (Å²) in [5, 5.41) is 21.6. The minimum atomic E-state index is -0.918. The molecule has 10 nitrogen and oxygen atoms in total. The van der Waals surface area contributed by atoms with Crippen molar-refractivity contribution >= 4 is 17.7 Å². The van der Waals surface area contributed by atoms with Gasteiger partial charge in [-0.25, -0.2) is 14.3 Å². The molecule has 0 radical (unpaired) electrons. The third-order valence-electron chi connectivity index (χ3n) is 6.11. The molecule has 2 N–H and O–H groups in total. The van der Waals surface area contributed by atoms with Crippen molar-refractivity contribution in [2.45, 2.75) is 19.6 Å². The van der Waals surface area contributed by atoms with Gasteiger partial charge in [0.1, 0.15) is 6.61 Å². The normalized spacial score (nSPS) is 15.0. The van der Waals surface area contributed by atoms with E-state index in [2.05, 4.69) is 10.6 Å². The number of hydrogen-bond acceptors (Lipinski definition) is 6. The number of aromatic nitrogens is 2. The second-order valence-corrected chi connectivity index (χ2v) is 8.65. The molecule has 190 valence electrons. The van der Waals surface area contributed by atoms with Gasteiger partial charge in [0.05, 0.1) is 27.9 Å². The number of non-ortho nitro benzene ring substituents is 1. The number of rotatable bonds is 7. The molecule has 5 rings (SSSR count). The number of allylic oxidation sites excluding steroid dienone is 1. The van der Waals surface area contributed by atoms with Crippen LogP contribution in [-0.4, -0.2) is 26.7 Å². The molecule has 4 aromatic rings. The third kappa shape index (κ3) is 5.00. The minimum Gasteiger partial charge on any atom is -0.457 e. The predicted octanol–water partition coefficient (Wildman–Crippen LogP) is 4.82. The van der Waals surface area contributed by atoms with Crippen LogP contribution in [0.5, 0.6) is 0 Å². The zero-order chi connectivity index (χ0) is 26.6. The molecule has 1 aliphatic heterocycles. The van der Waals surface area contributed by atoms with Crippen LogP contribution in [0.3, 0.4) is 0 Å². The summed E-state index contributed by atoms with van der Waals surface area (Å²) in [4.78, 5) is 36.9. The fourth-order valence-electron chi connectivity index (χ4n) is 4.30. The smallest absolute Gasteiger partial charge is 0.338 e. The number of urea groups is 1. The second kappa shape index (κ2) is 10.4. The molecule has 1 aromatic heterocycles. The van der Waals surface area contributed by atoms with Gasteiger partial charge in [0.25, 0.3) is 5.69 Å². The number of carbonyl (C=O) groups excluding carboxylic acids is 2. The average Bonchev–Trinajstić information content (AvgIpc) is 3.38. The Hall–Kier alpha value is -5.25. The highest BCUT2D eigenvalue weighted by atomic mass is 16.6. The van der Waals surface area contributed by atoms with Crippen LogP contribution in [0.2, 0.25) is 0 Å². The average molecular weight is 510 g/mol. The minimum absolute atomic E-state index is 0.0537. The molecule has 0 fully saturated rings. The van der Waals surface area contributed by atoms with E-state index in [0.717, 1.165) is 11.3 Å². The molecular weight excluding hydrogens is 486 g/mol. The van der Waals surface area contributed by atoms with Crippen LogP contribution in [0, 0.1) is 10.1 Å². The number of nitrogens with one attached hydrogen (secondary N) is 2. The van der Waals surface area contributed by atoms with Crippen LogP contribution in [0.25, 0.3) is 16.9 Å². The largest absolute Gasteiger partial charge is 0.457 e. The lowest BCUT2D eigenvalue weighted by Crippen LogP contribution is -2.45. The fourth-order valence-corrected chi connectivity index (χ4v) is 4.30. The molecule has 1 aliphatic rings. The Labute approximate surface area is 217 Å². The number of para-hydroxylation sites is 1. The van der Waals surface area contributed by atoms with E-state index < -0.39 is 23.0 Å². The van der Waals surface area contributed by atoms with E-state index in [1.165, 1.54) is 12.1 Å². The predicted molar refractivity (Wildman–Crippen MR) is 139 cm³/mol. The van der Waals surface area contributed by atoms with E-state index in [4.69, 9.17) is 9.84 Å². The first-order chi connectivity index (χ1) is 18.4. The first kappa shape index (κ1) is 24.4. The van der Waals surface area contributed by atoms with Crippen LogP contribution < -0.4 is 10.6 Å². The van der Waals surface area contributed by atoms with Gasteiger partial charge in [-0.3, -0.25) is 10.1 Å². The lowest BCUT2D eigenvalue weighted by Gasteiger charge is -2.28. The summed E-state index contributed by atoms with van der Waals surface area (Å²) in [5.74, 6) is -0.610. The molecule has 0 saturated heterocycles. The van der Waals surface area contributed by atoms with Crippen molar-refractivity contribution in [3.63, 3.8) is 0 Å². The molecule has 2 heterocycles. The molecule has 0 spiro atoms. The first-order valence-corrected chi connectivity index (χ1v) is 11.8. The van der Waals surface area contributed by atoms with Crippen LogP contribution >= 0.6 is 0 Å². The topological polar surface area (TPSA) is 128 Å². The summed E-state index contributed by atoms with van der Waals surface area (Å²) in [6, 6.07) is 23.2. The maximum absolute atomic E-state index is 13.4. The number of nitro groups is 1. The quantitative estimate of drug-likeness (QED) is 0.209. The summed E-state index contributed by atoms with van der Waals surface area (Å²) in [5.41, 5.74) is 3.32. The highest BCUT2D eigenvalue weighted by Crippen LogP contribution is 2.36. The number of esters is 1. The second-order valence-electron chi connectivity index (χ2n) is 8.65. The molecule has 10 heteroatoms. The molecule has 0 bridgehead atoms. The Morgan fingerprint density at radius 2 is 1.76 bits per heavy atom. The molecular formula is C28H23N5O5. The molecule has 3 aromatic carbocycles. The van der Waals surface area contributed by atoms with Gasteiger partial charge in [-0.15, -0.1) is 0 Å². The Bertz CT molecular complexity index is 1550. The monoisotopic (exact) mass is 509 g/mol. The van der Waals surface area contributed by atoms with Crippen LogP contribution in [0.15, 0.2) is 102 Å². The highest BCUT2D eigenvalue weighted by molar-refractivity contribution is 5.95. The van der Waals surface area contributed by atoms with E-state index in [0.29, 0.717) is 22.5 Å². The van der Waals surface area contributed by atoms with Crippen LogP contribution in [0.1, 0.15) is 24.1 Å². The summed E-state index contributed by atoms with van der Waals surface area (Å²) >= 11 is 0. The zero-order valence-corrected chi connectivity index (χ0v) is 20.3. The number of nitrogens with zero attached hydrogens (tertiary/aromatic N) is 3. The molecule has 0 saturated carbocycles. The van der Waals surface area contributed by atoms with E-state index in [9.17, 15) is 19.7 Å². The van der Waals surface area contributed by atoms with E-state index in [1.54, 1.807) is 29.9 Å². The lowest BCUT2D eigenvalue weighted by molar-refractivity contribution is -0.384. The van der Waals surface area contributed by atoms with Crippen molar-refractivity contribution < 1.29 is 19.2 Å². The number of ether oxygens (including phenoxy) is 1. The molecule has 1 atom stereocenters. The molecule has 38 heavy (non-hydrogen) atoms. The van der Waals surface area contributed by atoms with Crippen LogP contribution in [-0.2, 0) is 16.1 Å². The first-order valence-electron chi connectivity index (χ1n) is 11.8. The lowest BCUT2D eigenvalue weighted by atomic mass is 9.93. The van der Waals surface area contributed by atoms with E-state index in [1.807, 2.05) is 60.7 Å². The van der Waals surface area contributed by atoms with Crippen molar-refractivity contribution in [2.24, 2.45) is 0 Å². The Balaban J connectivity index is 1.60. The van der Waals surface area contributed by atoms with Crippen molar-refractivity contribution in [3.05, 3.63) is 124 Å². The SMILES string of the molecule is CC1=C(C(=O)OCc2ccccc2)[C@H](c2cn(-c3ccccc3)nc2-c2cccc([N+](=O)[O-])c2)NC(=O)N1. The number of amides is 2. The van der Waals surface area contributed by atoms with Gasteiger partial charge in [0, 0.05) is 35.2 Å². The summed E-state index contributed by atoms with van der Waals surface area (Å²) in [6.45, 7) is 1.68. The third-order valence-corrected chi connectivity index (χ3v) is 6.11. The molecule has 0 aliphatic carbocycles. The standard InChI is InChI=1S/C28H23N5O5/c1-18-24(27(34)38-17-19-9-4-2-5-10-19)26(30-28(35)29-18)23-16-32(21-12-6-3-7-13-21)31-25(23)20-11-8-14-22(15-20)33(36)37/h2-16,26H,17H2,1H3,(H2,29,30,35)/t26-/m0/s1. The Kier molecular flexibility index (Phi) is 6.68. The van der Waals surface area contributed by atoms with Crippen molar-refractivity contribution in [1.82, 2.24) is 20.4 Å². The van der Waals surface area contributed by atoms with Gasteiger partial charge in [0.2, 0.25) is 0 Å². The van der Waals surface area contributed by atoms with E-state index in [-0.39, 0.29) is 17.9 Å². The number of benzene rings is 3. The Morgan fingerprint density at radius 1 is 1.05 bits per heavy atom.